The third kappa shape index (κ3) is 6.21. The van der Waals surface area contributed by atoms with Gasteiger partial charge in [-0.15, -0.1) is 0 Å². The number of hydrogen-bond donors (Lipinski definition) is 0. The maximum absolute atomic E-state index is 2.81. The summed E-state index contributed by atoms with van der Waals surface area (Å²) in [6, 6.07) is 54.5. The first-order valence-electron chi connectivity index (χ1n) is 16.3. The van der Waals surface area contributed by atoms with Crippen LogP contribution in [-0.2, 0) is 20.1 Å². The van der Waals surface area contributed by atoms with E-state index in [1.807, 2.05) is 0 Å². The molecule has 0 heterocycles. The molecule has 0 fully saturated rings. The summed E-state index contributed by atoms with van der Waals surface area (Å²) < 4.78 is 3.60. The Morgan fingerprint density at radius 3 is 1.25 bits per heavy atom. The Morgan fingerprint density at radius 1 is 0.438 bits per heavy atom. The number of hydrogen-bond acceptors (Lipinski definition) is 0. The molecule has 0 saturated heterocycles. The van der Waals surface area contributed by atoms with Crippen LogP contribution in [0.25, 0.3) is 32.7 Å². The van der Waals surface area contributed by atoms with Gasteiger partial charge in [-0.1, -0.05) is 0 Å². The van der Waals surface area contributed by atoms with Gasteiger partial charge in [0.25, 0.3) is 0 Å². The monoisotopic (exact) mass is 842 g/mol. The van der Waals surface area contributed by atoms with Crippen LogP contribution < -0.4 is 35.2 Å². The van der Waals surface area contributed by atoms with Gasteiger partial charge in [0.05, 0.1) is 0 Å². The van der Waals surface area contributed by atoms with Crippen LogP contribution >= 0.6 is 0 Å². The Hall–Kier alpha value is -3.53. The molecule has 8 rings (SSSR count). The van der Waals surface area contributed by atoms with Crippen molar-refractivity contribution >= 4 is 48.6 Å². The molecule has 0 N–H and O–H groups in total. The summed E-state index contributed by atoms with van der Waals surface area (Å²) in [5, 5.41) is 8.49. The Balaban J connectivity index is 0.00000201. The standard InChI is InChI=1S/2C16H13.C12H10Si.2ClH.Hf/c2*1-12-6-4-10-14(12)16-11-5-8-13-7-2-3-9-15(13)16;1-3-7-11(8-4-1)13-12-9-5-2-6-10-12;;;/h2*2-3,5,7-11H,4H2,1H3;1-10H;2*1H;/q;;;;;+2/p-2. The SMILES string of the molecule is CC1=[C]([Hf+2]([C]2=C(C)C(c3cccc4ccccc34)=CC2)=[Si](c2ccccc2)c2ccccc2)CC=C1c1cccc2ccccc12.[Cl-].[Cl-]. The van der Waals surface area contributed by atoms with Gasteiger partial charge in [-0.2, -0.15) is 0 Å². The number of benzene rings is 6. The molecule has 0 bridgehead atoms. The van der Waals surface area contributed by atoms with E-state index in [1.165, 1.54) is 43.8 Å². The summed E-state index contributed by atoms with van der Waals surface area (Å²) in [7, 11) is 0. The van der Waals surface area contributed by atoms with E-state index in [1.54, 1.807) is 28.2 Å². The van der Waals surface area contributed by atoms with E-state index in [0.29, 0.717) is 0 Å². The van der Waals surface area contributed by atoms with Crippen molar-refractivity contribution in [2.45, 2.75) is 26.7 Å². The second-order valence-corrected chi connectivity index (χ2v) is 30.8. The van der Waals surface area contributed by atoms with Gasteiger partial charge in [-0.3, -0.25) is 0 Å². The van der Waals surface area contributed by atoms with E-state index >= 15 is 0 Å². The normalized spacial score (nSPS) is 13.9. The van der Waals surface area contributed by atoms with Crippen LogP contribution in [0.2, 0.25) is 0 Å². The summed E-state index contributed by atoms with van der Waals surface area (Å²) in [5.74, 6) is 0. The van der Waals surface area contributed by atoms with Crippen LogP contribution in [0.4, 0.5) is 0 Å². The molecule has 0 amide bonds. The molecule has 0 nitrogen and oxygen atoms in total. The predicted molar refractivity (Wildman–Crippen MR) is 196 cm³/mol. The molecule has 2 aliphatic rings. The molecular formula is C44H36Cl2HfSi. The summed E-state index contributed by atoms with van der Waals surface area (Å²) in [6.07, 6.45) is 7.30. The van der Waals surface area contributed by atoms with E-state index in [4.69, 9.17) is 0 Å². The average Bonchev–Trinajstić information content (AvgIpc) is 3.69. The van der Waals surface area contributed by atoms with Gasteiger partial charge in [-0.25, -0.2) is 0 Å². The van der Waals surface area contributed by atoms with E-state index in [-0.39, 0.29) is 24.8 Å². The minimum Gasteiger partial charge on any atom is -1.00 e. The van der Waals surface area contributed by atoms with Crippen molar-refractivity contribution in [2.24, 2.45) is 0 Å². The second kappa shape index (κ2) is 14.9. The number of fused-ring (bicyclic) bond motifs is 2. The maximum atomic E-state index is 2.57. The van der Waals surface area contributed by atoms with Crippen LogP contribution in [0, 0.1) is 0 Å². The van der Waals surface area contributed by atoms with Crippen molar-refractivity contribution in [3.63, 3.8) is 0 Å². The molecule has 234 valence electrons. The topological polar surface area (TPSA) is 0 Å². The quantitative estimate of drug-likeness (QED) is 0.221. The number of allylic oxidation sites excluding steroid dienone is 8. The molecule has 0 radical (unpaired) electrons. The maximum Gasteiger partial charge on any atom is -1.00 e. The first-order valence-corrected chi connectivity index (χ1v) is 26.8. The van der Waals surface area contributed by atoms with E-state index in [0.717, 1.165) is 12.8 Å². The Labute approximate surface area is 304 Å². The van der Waals surface area contributed by atoms with Crippen LogP contribution in [0.5, 0.6) is 0 Å². The van der Waals surface area contributed by atoms with E-state index in [2.05, 4.69) is 172 Å². The van der Waals surface area contributed by atoms with Crippen molar-refractivity contribution < 1.29 is 44.9 Å². The molecule has 6 aromatic rings. The first kappa shape index (κ1) is 34.3. The molecule has 48 heavy (non-hydrogen) atoms. The van der Waals surface area contributed by atoms with Gasteiger partial charge in [0, 0.05) is 0 Å². The third-order valence-electron chi connectivity index (χ3n) is 9.87. The fraction of sp³-hybridized carbons (Fsp3) is 0.0909. The van der Waals surface area contributed by atoms with E-state index in [9.17, 15) is 0 Å². The zero-order valence-corrected chi connectivity index (χ0v) is 33.3. The summed E-state index contributed by atoms with van der Waals surface area (Å²) in [4.78, 5) is 0. The van der Waals surface area contributed by atoms with Crippen LogP contribution in [0.15, 0.2) is 176 Å². The third-order valence-corrected chi connectivity index (χ3v) is 37.2. The molecule has 2 aliphatic carbocycles. The van der Waals surface area contributed by atoms with Gasteiger partial charge in [0.2, 0.25) is 0 Å². The minimum atomic E-state index is -2.81. The molecule has 0 saturated carbocycles. The summed E-state index contributed by atoms with van der Waals surface area (Å²) in [5.41, 5.74) is 7.74. The van der Waals surface area contributed by atoms with Crippen molar-refractivity contribution in [1.29, 1.82) is 0 Å². The molecule has 4 heteroatoms. The van der Waals surface area contributed by atoms with Crippen molar-refractivity contribution in [3.8, 4) is 0 Å². The fourth-order valence-electron chi connectivity index (χ4n) is 7.62. The second-order valence-electron chi connectivity index (χ2n) is 12.4. The zero-order chi connectivity index (χ0) is 31.0. The van der Waals surface area contributed by atoms with Gasteiger partial charge >= 0.3 is 282 Å². The Kier molecular flexibility index (Phi) is 10.7. The molecule has 0 spiro atoms. The van der Waals surface area contributed by atoms with Gasteiger partial charge < -0.3 is 24.8 Å². The van der Waals surface area contributed by atoms with Crippen molar-refractivity contribution in [3.05, 3.63) is 187 Å². The Bertz CT molecular complexity index is 2140. The van der Waals surface area contributed by atoms with Crippen LogP contribution in [0.3, 0.4) is 0 Å². The molecule has 0 unspecified atom stereocenters. The number of halogens is 2. The van der Waals surface area contributed by atoms with Gasteiger partial charge in [-0.05, 0) is 0 Å². The van der Waals surface area contributed by atoms with Crippen molar-refractivity contribution in [1.82, 2.24) is 0 Å². The van der Waals surface area contributed by atoms with E-state index < -0.39 is 25.6 Å². The fourth-order valence-corrected chi connectivity index (χ4v) is 38.4. The molecule has 0 atom stereocenters. The van der Waals surface area contributed by atoms with Crippen LogP contribution in [0.1, 0.15) is 37.8 Å². The number of rotatable bonds is 6. The summed E-state index contributed by atoms with van der Waals surface area (Å²) >= 11 is -2.81. The van der Waals surface area contributed by atoms with Gasteiger partial charge in [0.15, 0.2) is 0 Å². The zero-order valence-electron chi connectivity index (χ0n) is 27.2. The molecular weight excluding hydrogens is 806 g/mol. The van der Waals surface area contributed by atoms with Gasteiger partial charge in [0.1, 0.15) is 0 Å². The predicted octanol–water partition coefficient (Wildman–Crippen LogP) is 4.25. The Morgan fingerprint density at radius 2 is 0.812 bits per heavy atom. The average molecular weight is 842 g/mol. The minimum absolute atomic E-state index is 0. The molecule has 0 aromatic heterocycles. The largest absolute Gasteiger partial charge is 1.00 e. The first-order chi connectivity index (χ1) is 22.7. The molecule has 6 aromatic carbocycles. The molecule has 0 aliphatic heterocycles. The van der Waals surface area contributed by atoms with Crippen molar-refractivity contribution in [2.75, 3.05) is 0 Å². The smallest absolute Gasteiger partial charge is 1.00 e. The van der Waals surface area contributed by atoms with Crippen LogP contribution in [-0.4, -0.2) is 5.49 Å². The summed E-state index contributed by atoms with van der Waals surface area (Å²) in [6.45, 7) is 4.89.